The standard InChI is InChI=1S/C17H15BrO3S/c1-12(16-11-6-13-4-2-3-5-17(13)16)21-22(19,20)15-9-7-14(18)8-10-15/h2-12,16H,1H3/t12-,16-/m0/s1. The largest absolute Gasteiger partial charge is 0.297 e. The van der Waals surface area contributed by atoms with E-state index in [2.05, 4.69) is 15.9 Å². The molecule has 2 aromatic rings. The third kappa shape index (κ3) is 3.02. The lowest BCUT2D eigenvalue weighted by atomic mass is 9.96. The van der Waals surface area contributed by atoms with Gasteiger partial charge in [-0.2, -0.15) is 8.42 Å². The molecule has 0 bridgehead atoms. The van der Waals surface area contributed by atoms with Gasteiger partial charge in [0.2, 0.25) is 0 Å². The van der Waals surface area contributed by atoms with E-state index in [4.69, 9.17) is 4.18 Å². The van der Waals surface area contributed by atoms with Crippen LogP contribution < -0.4 is 0 Å². The molecule has 1 aliphatic rings. The second-order valence-corrected chi connectivity index (χ2v) is 7.71. The SMILES string of the molecule is C[C@H](OS(=O)(=O)c1ccc(Br)cc1)[C@@H]1C=Cc2ccccc21. The molecule has 0 saturated carbocycles. The van der Waals surface area contributed by atoms with Gasteiger partial charge >= 0.3 is 0 Å². The number of rotatable bonds is 4. The van der Waals surface area contributed by atoms with Crippen LogP contribution >= 0.6 is 15.9 Å². The quantitative estimate of drug-likeness (QED) is 0.742. The summed E-state index contributed by atoms with van der Waals surface area (Å²) in [5.41, 5.74) is 2.21. The van der Waals surface area contributed by atoms with E-state index < -0.39 is 16.2 Å². The van der Waals surface area contributed by atoms with E-state index in [0.29, 0.717) is 0 Å². The van der Waals surface area contributed by atoms with Crippen molar-refractivity contribution >= 4 is 32.1 Å². The molecule has 0 unspecified atom stereocenters. The number of hydrogen-bond acceptors (Lipinski definition) is 3. The lowest BCUT2D eigenvalue weighted by Crippen LogP contribution is -2.21. The molecule has 5 heteroatoms. The van der Waals surface area contributed by atoms with E-state index in [1.54, 1.807) is 19.1 Å². The predicted molar refractivity (Wildman–Crippen MR) is 90.1 cm³/mol. The van der Waals surface area contributed by atoms with Crippen LogP contribution in [0.5, 0.6) is 0 Å². The van der Waals surface area contributed by atoms with Crippen molar-refractivity contribution in [2.45, 2.75) is 23.8 Å². The summed E-state index contributed by atoms with van der Waals surface area (Å²) in [5, 5.41) is 0. The topological polar surface area (TPSA) is 43.4 Å². The molecular formula is C17H15BrO3S. The Morgan fingerprint density at radius 1 is 1.09 bits per heavy atom. The molecule has 0 amide bonds. The lowest BCUT2D eigenvalue weighted by Gasteiger charge is -2.19. The Balaban J connectivity index is 1.81. The van der Waals surface area contributed by atoms with Crippen LogP contribution in [-0.4, -0.2) is 14.5 Å². The molecular weight excluding hydrogens is 364 g/mol. The lowest BCUT2D eigenvalue weighted by molar-refractivity contribution is 0.214. The Morgan fingerprint density at radius 3 is 2.50 bits per heavy atom. The van der Waals surface area contributed by atoms with Crippen LogP contribution in [0.4, 0.5) is 0 Å². The van der Waals surface area contributed by atoms with Gasteiger partial charge in [-0.1, -0.05) is 52.3 Å². The normalized spacial score (nSPS) is 18.2. The second kappa shape index (κ2) is 5.99. The smallest absolute Gasteiger partial charge is 0.262 e. The zero-order chi connectivity index (χ0) is 15.7. The van der Waals surface area contributed by atoms with Crippen LogP contribution in [0.15, 0.2) is 64.0 Å². The van der Waals surface area contributed by atoms with Gasteiger partial charge in [0.25, 0.3) is 10.1 Å². The number of fused-ring (bicyclic) bond motifs is 1. The zero-order valence-electron chi connectivity index (χ0n) is 11.9. The van der Waals surface area contributed by atoms with Gasteiger partial charge in [-0.3, -0.25) is 4.18 Å². The molecule has 0 aliphatic heterocycles. The molecule has 114 valence electrons. The van der Waals surface area contributed by atoms with Gasteiger partial charge in [-0.15, -0.1) is 0 Å². The van der Waals surface area contributed by atoms with Crippen molar-refractivity contribution in [3.8, 4) is 0 Å². The maximum absolute atomic E-state index is 12.4. The first kappa shape index (κ1) is 15.5. The van der Waals surface area contributed by atoms with Crippen LogP contribution in [0.3, 0.4) is 0 Å². The van der Waals surface area contributed by atoms with Crippen LogP contribution in [-0.2, 0) is 14.3 Å². The molecule has 0 saturated heterocycles. The highest BCUT2D eigenvalue weighted by Crippen LogP contribution is 2.34. The predicted octanol–water partition coefficient (Wildman–Crippen LogP) is 4.35. The minimum Gasteiger partial charge on any atom is -0.262 e. The fourth-order valence-electron chi connectivity index (χ4n) is 2.60. The molecule has 0 N–H and O–H groups in total. The summed E-state index contributed by atoms with van der Waals surface area (Å²) in [7, 11) is -3.77. The van der Waals surface area contributed by atoms with Crippen LogP contribution in [0, 0.1) is 0 Å². The first-order valence-corrected chi connectivity index (χ1v) is 9.13. The molecule has 2 aromatic carbocycles. The van der Waals surface area contributed by atoms with Gasteiger partial charge in [-0.25, -0.2) is 0 Å². The maximum atomic E-state index is 12.4. The average Bonchev–Trinajstić information content (AvgIpc) is 2.91. The fraction of sp³-hybridized carbons (Fsp3) is 0.176. The van der Waals surface area contributed by atoms with Crippen LogP contribution in [0.25, 0.3) is 6.08 Å². The highest BCUT2D eigenvalue weighted by molar-refractivity contribution is 9.10. The highest BCUT2D eigenvalue weighted by atomic mass is 79.9. The number of hydrogen-bond donors (Lipinski definition) is 0. The minimum absolute atomic E-state index is 0.0542. The summed E-state index contributed by atoms with van der Waals surface area (Å²) in [6, 6.07) is 14.4. The summed E-state index contributed by atoms with van der Waals surface area (Å²) < 4.78 is 31.0. The third-order valence-electron chi connectivity index (χ3n) is 3.72. The Hall–Kier alpha value is -1.43. The van der Waals surface area contributed by atoms with E-state index in [9.17, 15) is 8.42 Å². The Kier molecular flexibility index (Phi) is 4.21. The summed E-state index contributed by atoms with van der Waals surface area (Å²) in [6.07, 6.45) is 3.53. The number of benzene rings is 2. The number of halogens is 1. The molecule has 0 heterocycles. The van der Waals surface area contributed by atoms with Crippen LogP contribution in [0.2, 0.25) is 0 Å². The fourth-order valence-corrected chi connectivity index (χ4v) is 3.97. The van der Waals surface area contributed by atoms with Gasteiger partial charge in [0.05, 0.1) is 11.0 Å². The molecule has 0 radical (unpaired) electrons. The summed E-state index contributed by atoms with van der Waals surface area (Å²) in [5.74, 6) is -0.0542. The van der Waals surface area contributed by atoms with Gasteiger partial charge < -0.3 is 0 Å². The Labute approximate surface area is 138 Å². The molecule has 1 aliphatic carbocycles. The molecule has 3 nitrogen and oxygen atoms in total. The summed E-state index contributed by atoms with van der Waals surface area (Å²) in [6.45, 7) is 1.79. The van der Waals surface area contributed by atoms with Gasteiger partial charge in [-0.05, 0) is 42.3 Å². The molecule has 0 aromatic heterocycles. The summed E-state index contributed by atoms with van der Waals surface area (Å²) in [4.78, 5) is 0.165. The van der Waals surface area contributed by atoms with E-state index in [0.717, 1.165) is 15.6 Å². The van der Waals surface area contributed by atoms with Crippen molar-refractivity contribution in [1.29, 1.82) is 0 Å². The van der Waals surface area contributed by atoms with Crippen molar-refractivity contribution in [3.05, 3.63) is 70.2 Å². The Bertz CT molecular complexity index is 810. The van der Waals surface area contributed by atoms with E-state index in [1.807, 2.05) is 36.4 Å². The third-order valence-corrected chi connectivity index (χ3v) is 5.66. The first-order valence-electron chi connectivity index (χ1n) is 6.93. The zero-order valence-corrected chi connectivity index (χ0v) is 14.3. The monoisotopic (exact) mass is 378 g/mol. The van der Waals surface area contributed by atoms with E-state index in [1.165, 1.54) is 12.1 Å². The van der Waals surface area contributed by atoms with Crippen LogP contribution in [0.1, 0.15) is 24.0 Å². The molecule has 22 heavy (non-hydrogen) atoms. The molecule has 0 fully saturated rings. The Morgan fingerprint density at radius 2 is 1.77 bits per heavy atom. The van der Waals surface area contributed by atoms with Gasteiger partial charge in [0.15, 0.2) is 0 Å². The maximum Gasteiger partial charge on any atom is 0.297 e. The average molecular weight is 379 g/mol. The van der Waals surface area contributed by atoms with Gasteiger partial charge in [0.1, 0.15) is 0 Å². The molecule has 3 rings (SSSR count). The highest BCUT2D eigenvalue weighted by Gasteiger charge is 2.28. The first-order chi connectivity index (χ1) is 10.5. The van der Waals surface area contributed by atoms with Crippen molar-refractivity contribution in [2.24, 2.45) is 0 Å². The summed E-state index contributed by atoms with van der Waals surface area (Å²) >= 11 is 3.29. The van der Waals surface area contributed by atoms with Crippen molar-refractivity contribution in [2.75, 3.05) is 0 Å². The molecule has 0 spiro atoms. The minimum atomic E-state index is -3.77. The van der Waals surface area contributed by atoms with Gasteiger partial charge in [0, 0.05) is 10.4 Å². The van der Waals surface area contributed by atoms with E-state index >= 15 is 0 Å². The van der Waals surface area contributed by atoms with Crippen molar-refractivity contribution in [1.82, 2.24) is 0 Å². The van der Waals surface area contributed by atoms with Crippen molar-refractivity contribution in [3.63, 3.8) is 0 Å². The molecule has 2 atom stereocenters. The van der Waals surface area contributed by atoms with Crippen molar-refractivity contribution < 1.29 is 12.6 Å². The van der Waals surface area contributed by atoms with E-state index in [-0.39, 0.29) is 10.8 Å². The second-order valence-electron chi connectivity index (χ2n) is 5.22.